The van der Waals surface area contributed by atoms with Gasteiger partial charge in [0.2, 0.25) is 5.91 Å². The Labute approximate surface area is 154 Å². The minimum Gasteiger partial charge on any atom is -0.312 e. The molecule has 0 aliphatic carbocycles. The molecule has 2 aliphatic heterocycles. The van der Waals surface area contributed by atoms with E-state index < -0.39 is 0 Å². The van der Waals surface area contributed by atoms with Gasteiger partial charge < -0.3 is 9.80 Å². The van der Waals surface area contributed by atoms with Gasteiger partial charge in [-0.15, -0.1) is 0 Å². The van der Waals surface area contributed by atoms with Gasteiger partial charge in [-0.25, -0.2) is 0 Å². The Bertz CT molecular complexity index is 833. The first kappa shape index (κ1) is 16.6. The zero-order valence-electron chi connectivity index (χ0n) is 14.8. The van der Waals surface area contributed by atoms with E-state index in [1.165, 1.54) is 22.3 Å². The highest BCUT2D eigenvalue weighted by Crippen LogP contribution is 2.41. The largest absolute Gasteiger partial charge is 0.312 e. The van der Waals surface area contributed by atoms with Crippen LogP contribution in [0.4, 0.5) is 5.69 Å². The van der Waals surface area contributed by atoms with Crippen molar-refractivity contribution in [3.63, 3.8) is 0 Å². The van der Waals surface area contributed by atoms with E-state index in [0.29, 0.717) is 6.42 Å². The fourth-order valence-corrected chi connectivity index (χ4v) is 4.56. The maximum Gasteiger partial charge on any atom is 0.227 e. The molecule has 0 saturated carbocycles. The van der Waals surface area contributed by atoms with Gasteiger partial charge in [-0.1, -0.05) is 35.9 Å². The van der Waals surface area contributed by atoms with Crippen molar-refractivity contribution in [2.45, 2.75) is 32.2 Å². The Morgan fingerprint density at radius 2 is 1.96 bits per heavy atom. The van der Waals surface area contributed by atoms with Crippen LogP contribution in [0.25, 0.3) is 0 Å². The molecular weight excluding hydrogens is 332 g/mol. The standard InChI is InChI=1S/C21H23ClN2O/c1-14-10-16-17(12-23(2)13-18(16)19(22)11-14)15-6-3-4-7-20(15)24-9-5-8-21(24)25/h3-4,6-7,10-11,17H,5,8-9,12-13H2,1-2H3/t17-/m0/s1. The molecule has 0 aromatic heterocycles. The van der Waals surface area contributed by atoms with Crippen LogP contribution in [0.15, 0.2) is 36.4 Å². The molecule has 4 rings (SSSR count). The van der Waals surface area contributed by atoms with E-state index in [2.05, 4.69) is 43.1 Å². The van der Waals surface area contributed by atoms with Crippen LogP contribution in [-0.4, -0.2) is 30.9 Å². The lowest BCUT2D eigenvalue weighted by Gasteiger charge is -2.35. The molecule has 1 saturated heterocycles. The van der Waals surface area contributed by atoms with Gasteiger partial charge in [-0.3, -0.25) is 4.79 Å². The lowest BCUT2D eigenvalue weighted by Crippen LogP contribution is -2.33. The first-order chi connectivity index (χ1) is 12.0. The van der Waals surface area contributed by atoms with Crippen molar-refractivity contribution >= 4 is 23.2 Å². The zero-order chi connectivity index (χ0) is 17.6. The predicted octanol–water partition coefficient (Wildman–Crippen LogP) is 4.35. The number of likely N-dealkylation sites (N-methyl/N-ethyl adjacent to an activating group) is 1. The minimum absolute atomic E-state index is 0.232. The van der Waals surface area contributed by atoms with Gasteiger partial charge in [0, 0.05) is 42.7 Å². The summed E-state index contributed by atoms with van der Waals surface area (Å²) >= 11 is 6.56. The molecule has 1 fully saturated rings. The topological polar surface area (TPSA) is 23.6 Å². The van der Waals surface area contributed by atoms with Crippen molar-refractivity contribution in [2.75, 3.05) is 25.0 Å². The fourth-order valence-electron chi connectivity index (χ4n) is 4.22. The van der Waals surface area contributed by atoms with Crippen molar-refractivity contribution < 1.29 is 4.79 Å². The summed E-state index contributed by atoms with van der Waals surface area (Å²) in [5.41, 5.74) is 6.00. The van der Waals surface area contributed by atoms with Crippen LogP contribution in [0.2, 0.25) is 5.02 Å². The summed E-state index contributed by atoms with van der Waals surface area (Å²) < 4.78 is 0. The molecule has 0 spiro atoms. The van der Waals surface area contributed by atoms with Gasteiger partial charge in [0.05, 0.1) is 0 Å². The normalized spacial score (nSPS) is 20.8. The number of hydrogen-bond acceptors (Lipinski definition) is 2. The zero-order valence-corrected chi connectivity index (χ0v) is 15.5. The van der Waals surface area contributed by atoms with E-state index in [1.54, 1.807) is 0 Å². The summed E-state index contributed by atoms with van der Waals surface area (Å²) in [5.74, 6) is 0.467. The number of hydrogen-bond donors (Lipinski definition) is 0. The molecule has 25 heavy (non-hydrogen) atoms. The second-order valence-electron chi connectivity index (χ2n) is 7.27. The Morgan fingerprint density at radius 3 is 2.72 bits per heavy atom. The lowest BCUT2D eigenvalue weighted by atomic mass is 9.83. The monoisotopic (exact) mass is 354 g/mol. The lowest BCUT2D eigenvalue weighted by molar-refractivity contribution is -0.117. The van der Waals surface area contributed by atoms with E-state index in [1.807, 2.05) is 17.0 Å². The number of nitrogens with zero attached hydrogens (tertiary/aromatic N) is 2. The maximum atomic E-state index is 12.3. The third kappa shape index (κ3) is 2.96. The van der Waals surface area contributed by atoms with Gasteiger partial charge in [0.1, 0.15) is 0 Å². The average Bonchev–Trinajstić information content (AvgIpc) is 3.01. The molecule has 2 aromatic rings. The highest BCUT2D eigenvalue weighted by Gasteiger charge is 2.31. The number of carbonyl (C=O) groups excluding carboxylic acids is 1. The molecule has 1 amide bonds. The highest BCUT2D eigenvalue weighted by atomic mass is 35.5. The van der Waals surface area contributed by atoms with Gasteiger partial charge in [-0.2, -0.15) is 0 Å². The predicted molar refractivity (Wildman–Crippen MR) is 102 cm³/mol. The third-order valence-electron chi connectivity index (χ3n) is 5.35. The molecule has 0 radical (unpaired) electrons. The number of halogens is 1. The molecule has 4 heteroatoms. The van der Waals surface area contributed by atoms with Crippen LogP contribution in [0.3, 0.4) is 0 Å². The molecule has 3 nitrogen and oxygen atoms in total. The number of carbonyl (C=O) groups is 1. The number of anilines is 1. The van der Waals surface area contributed by atoms with Crippen LogP contribution >= 0.6 is 11.6 Å². The van der Waals surface area contributed by atoms with Gasteiger partial charge >= 0.3 is 0 Å². The summed E-state index contributed by atoms with van der Waals surface area (Å²) in [6, 6.07) is 12.7. The van der Waals surface area contributed by atoms with Crippen molar-refractivity contribution in [1.29, 1.82) is 0 Å². The van der Waals surface area contributed by atoms with Crippen molar-refractivity contribution in [2.24, 2.45) is 0 Å². The number of rotatable bonds is 2. The second-order valence-corrected chi connectivity index (χ2v) is 7.68. The summed E-state index contributed by atoms with van der Waals surface area (Å²) in [6.45, 7) is 4.72. The van der Waals surface area contributed by atoms with Crippen LogP contribution in [-0.2, 0) is 11.3 Å². The van der Waals surface area contributed by atoms with Crippen molar-refractivity contribution in [3.05, 3.63) is 63.7 Å². The maximum absolute atomic E-state index is 12.3. The molecular formula is C21H23ClN2O. The fraction of sp³-hybridized carbons (Fsp3) is 0.381. The molecule has 2 aromatic carbocycles. The Kier molecular flexibility index (Phi) is 4.30. The Morgan fingerprint density at radius 1 is 1.16 bits per heavy atom. The summed E-state index contributed by atoms with van der Waals surface area (Å²) in [4.78, 5) is 16.6. The molecule has 130 valence electrons. The van der Waals surface area contributed by atoms with Gasteiger partial charge in [0.15, 0.2) is 0 Å². The van der Waals surface area contributed by atoms with Gasteiger partial charge in [0.25, 0.3) is 0 Å². The van der Waals surface area contributed by atoms with E-state index in [4.69, 9.17) is 11.6 Å². The van der Waals surface area contributed by atoms with Gasteiger partial charge in [-0.05, 0) is 54.8 Å². The van der Waals surface area contributed by atoms with E-state index in [0.717, 1.165) is 36.8 Å². The number of benzene rings is 2. The molecule has 0 unspecified atom stereocenters. The highest BCUT2D eigenvalue weighted by molar-refractivity contribution is 6.31. The quantitative estimate of drug-likeness (QED) is 0.800. The number of para-hydroxylation sites is 1. The first-order valence-electron chi connectivity index (χ1n) is 8.91. The summed E-state index contributed by atoms with van der Waals surface area (Å²) in [6.07, 6.45) is 1.60. The van der Waals surface area contributed by atoms with Crippen molar-refractivity contribution in [1.82, 2.24) is 4.90 Å². The molecule has 2 heterocycles. The summed E-state index contributed by atoms with van der Waals surface area (Å²) in [5, 5.41) is 0.848. The number of fused-ring (bicyclic) bond motifs is 1. The Hall–Kier alpha value is -1.84. The van der Waals surface area contributed by atoms with E-state index >= 15 is 0 Å². The Balaban J connectivity index is 1.85. The smallest absolute Gasteiger partial charge is 0.227 e. The van der Waals surface area contributed by atoms with Crippen LogP contribution in [0, 0.1) is 6.92 Å². The third-order valence-corrected chi connectivity index (χ3v) is 5.69. The van der Waals surface area contributed by atoms with Crippen LogP contribution in [0.1, 0.15) is 41.0 Å². The van der Waals surface area contributed by atoms with E-state index in [-0.39, 0.29) is 11.8 Å². The van der Waals surface area contributed by atoms with Crippen LogP contribution < -0.4 is 4.90 Å². The molecule has 0 bridgehead atoms. The number of aryl methyl sites for hydroxylation is 1. The molecule has 1 atom stereocenters. The molecule has 2 aliphatic rings. The van der Waals surface area contributed by atoms with Crippen LogP contribution in [0.5, 0.6) is 0 Å². The summed E-state index contributed by atoms with van der Waals surface area (Å²) in [7, 11) is 2.13. The SMILES string of the molecule is Cc1cc(Cl)c2c(c1)[C@H](c1ccccc1N1CCCC1=O)CN(C)C2. The minimum atomic E-state index is 0.232. The first-order valence-corrected chi connectivity index (χ1v) is 9.29. The van der Waals surface area contributed by atoms with E-state index in [9.17, 15) is 4.79 Å². The molecule has 0 N–H and O–H groups in total. The average molecular weight is 355 g/mol. The van der Waals surface area contributed by atoms with Crippen molar-refractivity contribution in [3.8, 4) is 0 Å². The second kappa shape index (κ2) is 6.47. The number of amides is 1.